The third-order valence-corrected chi connectivity index (χ3v) is 9.57. The number of nitrogens with zero attached hydrogens (tertiary/aromatic N) is 3. The molecule has 2 aromatic rings. The summed E-state index contributed by atoms with van der Waals surface area (Å²) >= 11 is 6.28. The molecular formula is C24H28ClF3N4O2S. The van der Waals surface area contributed by atoms with E-state index in [-0.39, 0.29) is 11.1 Å². The highest BCUT2D eigenvalue weighted by molar-refractivity contribution is 7.92. The normalized spacial score (nSPS) is 26.3. The first kappa shape index (κ1) is 24.6. The molecule has 1 spiro atoms. The summed E-state index contributed by atoms with van der Waals surface area (Å²) in [7, 11) is -4.74. The van der Waals surface area contributed by atoms with Gasteiger partial charge in [-0.3, -0.25) is 9.62 Å². The van der Waals surface area contributed by atoms with Crippen LogP contribution in [0.25, 0.3) is 0 Å². The summed E-state index contributed by atoms with van der Waals surface area (Å²) in [4.78, 5) is 6.58. The molecule has 2 atom stereocenters. The van der Waals surface area contributed by atoms with Crippen molar-refractivity contribution in [1.29, 1.82) is 0 Å². The maximum Gasteiger partial charge on any atom is 0.268 e. The van der Waals surface area contributed by atoms with Crippen molar-refractivity contribution in [2.75, 3.05) is 35.8 Å². The molecule has 1 aromatic heterocycles. The molecule has 0 bridgehead atoms. The first-order valence-corrected chi connectivity index (χ1v) is 13.6. The van der Waals surface area contributed by atoms with E-state index in [1.807, 2.05) is 9.62 Å². The molecule has 2 saturated heterocycles. The lowest BCUT2D eigenvalue weighted by atomic mass is 9.63. The highest BCUT2D eigenvalue weighted by atomic mass is 35.5. The van der Waals surface area contributed by atoms with Crippen molar-refractivity contribution in [2.24, 2.45) is 10.8 Å². The maximum absolute atomic E-state index is 15.2. The molecular weight excluding hydrogens is 501 g/mol. The lowest BCUT2D eigenvalue weighted by molar-refractivity contribution is -0.00273. The van der Waals surface area contributed by atoms with Crippen LogP contribution in [0.3, 0.4) is 0 Å². The van der Waals surface area contributed by atoms with Crippen molar-refractivity contribution < 1.29 is 21.6 Å². The van der Waals surface area contributed by atoms with Crippen molar-refractivity contribution in [3.8, 4) is 0 Å². The van der Waals surface area contributed by atoms with Gasteiger partial charge in [0.15, 0.2) is 10.7 Å². The molecule has 11 heteroatoms. The lowest BCUT2D eigenvalue weighted by Crippen LogP contribution is -2.56. The molecule has 1 N–H and O–H groups in total. The Labute approximate surface area is 208 Å². The van der Waals surface area contributed by atoms with E-state index in [9.17, 15) is 12.8 Å². The minimum atomic E-state index is -4.74. The van der Waals surface area contributed by atoms with Gasteiger partial charge in [-0.1, -0.05) is 31.5 Å². The summed E-state index contributed by atoms with van der Waals surface area (Å²) in [6.45, 7) is 7.86. The molecule has 0 amide bonds. The average Bonchev–Trinajstić information content (AvgIpc) is 3.34. The van der Waals surface area contributed by atoms with Crippen LogP contribution < -0.4 is 9.62 Å². The van der Waals surface area contributed by atoms with Gasteiger partial charge < -0.3 is 4.90 Å². The predicted molar refractivity (Wildman–Crippen MR) is 129 cm³/mol. The number of likely N-dealkylation sites (tertiary alicyclic amines) is 1. The quantitative estimate of drug-likeness (QED) is 0.435. The van der Waals surface area contributed by atoms with Crippen molar-refractivity contribution in [3.05, 3.63) is 46.9 Å². The summed E-state index contributed by atoms with van der Waals surface area (Å²) in [6.07, 6.45) is 4.20. The van der Waals surface area contributed by atoms with E-state index >= 15 is 8.78 Å². The van der Waals surface area contributed by atoms with Crippen LogP contribution in [0, 0.1) is 28.4 Å². The number of benzene rings is 1. The second kappa shape index (κ2) is 8.52. The summed E-state index contributed by atoms with van der Waals surface area (Å²) < 4.78 is 71.0. The van der Waals surface area contributed by atoms with Gasteiger partial charge in [0, 0.05) is 37.2 Å². The van der Waals surface area contributed by atoms with E-state index in [1.165, 1.54) is 12.1 Å². The number of hydrogen-bond acceptors (Lipinski definition) is 5. The van der Waals surface area contributed by atoms with Crippen LogP contribution in [0.2, 0.25) is 5.02 Å². The number of rotatable bonds is 5. The Kier molecular flexibility index (Phi) is 6.00. The van der Waals surface area contributed by atoms with E-state index < -0.39 is 43.3 Å². The monoisotopic (exact) mass is 528 g/mol. The largest absolute Gasteiger partial charge is 0.370 e. The van der Waals surface area contributed by atoms with Crippen LogP contribution in [0.4, 0.5) is 24.7 Å². The Bertz CT molecular complexity index is 1280. The van der Waals surface area contributed by atoms with E-state index in [1.54, 1.807) is 0 Å². The van der Waals surface area contributed by atoms with Crippen LogP contribution in [0.5, 0.6) is 0 Å². The third kappa shape index (κ3) is 4.38. The second-order valence-electron chi connectivity index (χ2n) is 10.8. The molecule has 3 fully saturated rings. The average molecular weight is 529 g/mol. The van der Waals surface area contributed by atoms with Gasteiger partial charge in [-0.15, -0.1) is 0 Å². The molecule has 1 aromatic carbocycles. The van der Waals surface area contributed by atoms with Gasteiger partial charge in [-0.25, -0.2) is 22.2 Å². The zero-order valence-corrected chi connectivity index (χ0v) is 21.2. The number of aromatic nitrogens is 1. The van der Waals surface area contributed by atoms with Crippen LogP contribution in [0.15, 0.2) is 29.2 Å². The topological polar surface area (TPSA) is 65.5 Å². The Balaban J connectivity index is 1.39. The van der Waals surface area contributed by atoms with Crippen LogP contribution in [-0.4, -0.2) is 50.5 Å². The molecule has 190 valence electrons. The second-order valence-corrected chi connectivity index (χ2v) is 12.8. The van der Waals surface area contributed by atoms with Gasteiger partial charge in [-0.05, 0) is 49.8 Å². The standard InChI is InChI=1S/C24H28ClF3N4O2S/c1-23(2)8-10-32(13-23)17-6-7-24(17)9-11-31(14-24)16-12-15(26)22(21(28)20(16)25)35(33,34)30-19-5-3-4-18(27)29-19/h3-5,12,17H,6-11,13-14H2,1-2H3,(H,29,30)/t17-,24+/m1/s1. The van der Waals surface area contributed by atoms with Gasteiger partial charge in [0.1, 0.15) is 16.7 Å². The van der Waals surface area contributed by atoms with E-state index in [2.05, 4.69) is 23.7 Å². The minimum Gasteiger partial charge on any atom is -0.370 e. The van der Waals surface area contributed by atoms with Gasteiger partial charge in [-0.2, -0.15) is 4.39 Å². The molecule has 1 saturated carbocycles. The van der Waals surface area contributed by atoms with Crippen molar-refractivity contribution in [3.63, 3.8) is 0 Å². The Morgan fingerprint density at radius 1 is 1.11 bits per heavy atom. The maximum atomic E-state index is 15.2. The molecule has 1 aliphatic carbocycles. The summed E-state index contributed by atoms with van der Waals surface area (Å²) in [5.41, 5.74) is 0.487. The fourth-order valence-corrected chi connectivity index (χ4v) is 7.41. The minimum absolute atomic E-state index is 0.0477. The molecule has 2 aliphatic heterocycles. The van der Waals surface area contributed by atoms with Crippen LogP contribution in [0.1, 0.15) is 39.5 Å². The van der Waals surface area contributed by atoms with Gasteiger partial charge in [0.25, 0.3) is 10.0 Å². The number of nitrogens with one attached hydrogen (secondary N) is 1. The zero-order valence-electron chi connectivity index (χ0n) is 19.6. The van der Waals surface area contributed by atoms with Crippen LogP contribution in [-0.2, 0) is 10.0 Å². The molecule has 0 radical (unpaired) electrons. The molecule has 5 rings (SSSR count). The van der Waals surface area contributed by atoms with E-state index in [0.29, 0.717) is 24.5 Å². The predicted octanol–water partition coefficient (Wildman–Crippen LogP) is 5.04. The molecule has 3 heterocycles. The van der Waals surface area contributed by atoms with Gasteiger partial charge in [0.2, 0.25) is 5.95 Å². The van der Waals surface area contributed by atoms with Crippen molar-refractivity contribution in [2.45, 2.75) is 50.5 Å². The molecule has 0 unspecified atom stereocenters. The number of pyridine rings is 1. The number of halogens is 4. The smallest absolute Gasteiger partial charge is 0.268 e. The first-order chi connectivity index (χ1) is 16.4. The van der Waals surface area contributed by atoms with Gasteiger partial charge in [0.05, 0.1) is 5.69 Å². The zero-order chi connectivity index (χ0) is 25.2. The highest BCUT2D eigenvalue weighted by Crippen LogP contribution is 2.54. The van der Waals surface area contributed by atoms with Gasteiger partial charge >= 0.3 is 0 Å². The fraction of sp³-hybridized carbons (Fsp3) is 0.542. The van der Waals surface area contributed by atoms with E-state index in [0.717, 1.165) is 50.9 Å². The highest BCUT2D eigenvalue weighted by Gasteiger charge is 2.54. The SMILES string of the molecule is CC1(C)CCN([C@@H]2CC[C@@]23CCN(c2cc(F)c(S(=O)(=O)Nc4cccc(F)n4)c(F)c2Cl)C3)C1. The first-order valence-electron chi connectivity index (χ1n) is 11.7. The number of anilines is 2. The van der Waals surface area contributed by atoms with Crippen LogP contribution >= 0.6 is 11.6 Å². The third-order valence-electron chi connectivity index (χ3n) is 7.82. The molecule has 3 aliphatic rings. The molecule has 35 heavy (non-hydrogen) atoms. The summed E-state index contributed by atoms with van der Waals surface area (Å²) in [5, 5.41) is -0.450. The lowest BCUT2D eigenvalue weighted by Gasteiger charge is -2.52. The fourth-order valence-electron chi connectivity index (χ4n) is 5.95. The Hall–Kier alpha value is -2.04. The Morgan fingerprint density at radius 2 is 1.89 bits per heavy atom. The Morgan fingerprint density at radius 3 is 2.51 bits per heavy atom. The summed E-state index contributed by atoms with van der Waals surface area (Å²) in [5.74, 6) is -3.97. The summed E-state index contributed by atoms with van der Waals surface area (Å²) in [6, 6.07) is 4.83. The van der Waals surface area contributed by atoms with Crippen molar-refractivity contribution in [1.82, 2.24) is 9.88 Å². The number of sulfonamides is 1. The van der Waals surface area contributed by atoms with E-state index in [4.69, 9.17) is 11.6 Å². The van der Waals surface area contributed by atoms with Crippen molar-refractivity contribution >= 4 is 33.1 Å². The molecule has 6 nitrogen and oxygen atoms in total. The number of hydrogen-bond donors (Lipinski definition) is 1.